The molecule has 0 atom stereocenters. The van der Waals surface area contributed by atoms with Gasteiger partial charge in [0.15, 0.2) is 0 Å². The van der Waals surface area contributed by atoms with E-state index in [4.69, 9.17) is 11.6 Å². The normalized spacial score (nSPS) is 10.9. The maximum atomic E-state index is 12.6. The highest BCUT2D eigenvalue weighted by atomic mass is 35.5. The summed E-state index contributed by atoms with van der Waals surface area (Å²) in [4.78, 5) is 29.6. The minimum absolute atomic E-state index is 0.129. The average Bonchev–Trinajstić information content (AvgIpc) is 2.64. The molecule has 1 N–H and O–H groups in total. The van der Waals surface area contributed by atoms with Crippen LogP contribution in [-0.4, -0.2) is 15.5 Å². The van der Waals surface area contributed by atoms with Crippen LogP contribution in [0.4, 0.5) is 5.69 Å². The first-order valence-electron chi connectivity index (χ1n) is 9.07. The molecule has 0 bridgehead atoms. The van der Waals surface area contributed by atoms with Crippen LogP contribution in [0.15, 0.2) is 59.4 Å². The second-order valence-corrected chi connectivity index (χ2v) is 7.42. The number of carbonyl (C=O) groups is 1. The van der Waals surface area contributed by atoms with Gasteiger partial charge in [-0.3, -0.25) is 14.2 Å². The van der Waals surface area contributed by atoms with Crippen molar-refractivity contribution in [1.29, 1.82) is 0 Å². The summed E-state index contributed by atoms with van der Waals surface area (Å²) >= 11 is 5.96. The van der Waals surface area contributed by atoms with E-state index in [1.54, 1.807) is 31.2 Å². The van der Waals surface area contributed by atoms with Gasteiger partial charge in [-0.1, -0.05) is 37.6 Å². The number of nitrogens with one attached hydrogen (secondary N) is 1. The molecule has 0 spiro atoms. The standard InChI is InChI=1S/C22H22ClN3O2/c1-14(2)17-5-4-6-19(12-17)25-20(27)13-26-21(28)11-15(3)24-22(26)16-7-9-18(23)10-8-16/h4-12,14H,13H2,1-3H3,(H,25,27). The second-order valence-electron chi connectivity index (χ2n) is 6.98. The second kappa shape index (κ2) is 8.40. The van der Waals surface area contributed by atoms with Gasteiger partial charge in [0.25, 0.3) is 5.56 Å². The summed E-state index contributed by atoms with van der Waals surface area (Å²) < 4.78 is 1.37. The van der Waals surface area contributed by atoms with Gasteiger partial charge in [-0.05, 0) is 54.8 Å². The molecular weight excluding hydrogens is 374 g/mol. The highest BCUT2D eigenvalue weighted by molar-refractivity contribution is 6.30. The third kappa shape index (κ3) is 4.67. The summed E-state index contributed by atoms with van der Waals surface area (Å²) in [6.07, 6.45) is 0. The van der Waals surface area contributed by atoms with Crippen molar-refractivity contribution >= 4 is 23.2 Å². The van der Waals surface area contributed by atoms with Gasteiger partial charge >= 0.3 is 0 Å². The number of amides is 1. The SMILES string of the molecule is Cc1cc(=O)n(CC(=O)Nc2cccc(C(C)C)c2)c(-c2ccc(Cl)cc2)n1. The van der Waals surface area contributed by atoms with E-state index in [1.165, 1.54) is 10.6 Å². The number of carbonyl (C=O) groups excluding carboxylic acids is 1. The van der Waals surface area contributed by atoms with Crippen molar-refractivity contribution < 1.29 is 4.79 Å². The Balaban J connectivity index is 1.89. The van der Waals surface area contributed by atoms with Gasteiger partial charge in [0, 0.05) is 28.0 Å². The van der Waals surface area contributed by atoms with Crippen LogP contribution in [0, 0.1) is 6.92 Å². The molecule has 0 aliphatic carbocycles. The van der Waals surface area contributed by atoms with Gasteiger partial charge in [0.2, 0.25) is 5.91 Å². The third-order valence-electron chi connectivity index (χ3n) is 4.38. The van der Waals surface area contributed by atoms with E-state index in [0.29, 0.717) is 28.1 Å². The number of rotatable bonds is 5. The molecule has 2 aromatic carbocycles. The summed E-state index contributed by atoms with van der Waals surface area (Å²) in [6, 6.07) is 16.1. The molecule has 5 nitrogen and oxygen atoms in total. The van der Waals surface area contributed by atoms with Crippen LogP contribution in [0.1, 0.15) is 31.0 Å². The summed E-state index contributed by atoms with van der Waals surface area (Å²) in [5, 5.41) is 3.46. The Hall–Kier alpha value is -2.92. The maximum absolute atomic E-state index is 12.6. The lowest BCUT2D eigenvalue weighted by molar-refractivity contribution is -0.116. The van der Waals surface area contributed by atoms with Crippen molar-refractivity contribution in [1.82, 2.24) is 9.55 Å². The number of anilines is 1. The largest absolute Gasteiger partial charge is 0.325 e. The van der Waals surface area contributed by atoms with Crippen molar-refractivity contribution in [2.75, 3.05) is 5.32 Å². The molecule has 0 fully saturated rings. The van der Waals surface area contributed by atoms with Crippen LogP contribution in [0.3, 0.4) is 0 Å². The smallest absolute Gasteiger partial charge is 0.254 e. The molecule has 0 radical (unpaired) electrons. The van der Waals surface area contributed by atoms with Gasteiger partial charge in [0.1, 0.15) is 12.4 Å². The molecule has 0 saturated carbocycles. The highest BCUT2D eigenvalue weighted by Crippen LogP contribution is 2.20. The van der Waals surface area contributed by atoms with Crippen molar-refractivity contribution in [3.63, 3.8) is 0 Å². The first-order valence-corrected chi connectivity index (χ1v) is 9.45. The Morgan fingerprint density at radius 1 is 1.14 bits per heavy atom. The van der Waals surface area contributed by atoms with Gasteiger partial charge in [-0.2, -0.15) is 0 Å². The summed E-state index contributed by atoms with van der Waals surface area (Å²) in [5.74, 6) is 0.508. The zero-order chi connectivity index (χ0) is 20.3. The Bertz CT molecular complexity index is 1060. The Morgan fingerprint density at radius 2 is 1.86 bits per heavy atom. The van der Waals surface area contributed by atoms with Crippen LogP contribution >= 0.6 is 11.6 Å². The fourth-order valence-electron chi connectivity index (χ4n) is 2.91. The fraction of sp³-hybridized carbons (Fsp3) is 0.227. The van der Waals surface area contributed by atoms with Gasteiger partial charge in [-0.15, -0.1) is 0 Å². The van der Waals surface area contributed by atoms with Crippen LogP contribution in [0.25, 0.3) is 11.4 Å². The van der Waals surface area contributed by atoms with E-state index in [1.807, 2.05) is 24.3 Å². The monoisotopic (exact) mass is 395 g/mol. The molecule has 1 heterocycles. The minimum Gasteiger partial charge on any atom is -0.325 e. The number of aryl methyl sites for hydroxylation is 1. The molecule has 28 heavy (non-hydrogen) atoms. The lowest BCUT2D eigenvalue weighted by Gasteiger charge is -2.14. The lowest BCUT2D eigenvalue weighted by Crippen LogP contribution is -2.29. The third-order valence-corrected chi connectivity index (χ3v) is 4.63. The Morgan fingerprint density at radius 3 is 2.54 bits per heavy atom. The number of hydrogen-bond acceptors (Lipinski definition) is 3. The van der Waals surface area contributed by atoms with E-state index in [9.17, 15) is 9.59 Å². The molecule has 1 amide bonds. The lowest BCUT2D eigenvalue weighted by atomic mass is 10.0. The molecule has 0 saturated heterocycles. The molecule has 3 rings (SSSR count). The molecule has 0 unspecified atom stereocenters. The zero-order valence-electron chi connectivity index (χ0n) is 16.1. The van der Waals surface area contributed by atoms with E-state index in [0.717, 1.165) is 11.1 Å². The molecule has 6 heteroatoms. The van der Waals surface area contributed by atoms with Crippen molar-refractivity contribution in [2.24, 2.45) is 0 Å². The first kappa shape index (κ1) is 19.8. The molecular formula is C22H22ClN3O2. The predicted octanol–water partition coefficient (Wildman–Crippen LogP) is 4.63. The molecule has 0 aliphatic heterocycles. The Kier molecular flexibility index (Phi) is 5.95. The van der Waals surface area contributed by atoms with Crippen LogP contribution < -0.4 is 10.9 Å². The van der Waals surface area contributed by atoms with Crippen LogP contribution in [0.2, 0.25) is 5.02 Å². The average molecular weight is 396 g/mol. The number of benzene rings is 2. The predicted molar refractivity (Wildman–Crippen MR) is 113 cm³/mol. The highest BCUT2D eigenvalue weighted by Gasteiger charge is 2.14. The van der Waals surface area contributed by atoms with Crippen molar-refractivity contribution in [3.05, 3.63) is 81.2 Å². The number of hydrogen-bond donors (Lipinski definition) is 1. The molecule has 3 aromatic rings. The zero-order valence-corrected chi connectivity index (χ0v) is 16.8. The topological polar surface area (TPSA) is 64.0 Å². The molecule has 144 valence electrons. The summed E-state index contributed by atoms with van der Waals surface area (Å²) in [6.45, 7) is 5.81. The van der Waals surface area contributed by atoms with Crippen molar-refractivity contribution in [3.8, 4) is 11.4 Å². The van der Waals surface area contributed by atoms with E-state index in [2.05, 4.69) is 24.1 Å². The van der Waals surface area contributed by atoms with E-state index in [-0.39, 0.29) is 18.0 Å². The van der Waals surface area contributed by atoms with Gasteiger partial charge in [0.05, 0.1) is 0 Å². The quantitative estimate of drug-likeness (QED) is 0.684. The van der Waals surface area contributed by atoms with Gasteiger partial charge < -0.3 is 5.32 Å². The van der Waals surface area contributed by atoms with Crippen LogP contribution in [-0.2, 0) is 11.3 Å². The number of halogens is 1. The minimum atomic E-state index is -0.288. The van der Waals surface area contributed by atoms with E-state index >= 15 is 0 Å². The first-order chi connectivity index (χ1) is 13.3. The van der Waals surface area contributed by atoms with Gasteiger partial charge in [-0.25, -0.2) is 4.98 Å². The molecule has 0 aliphatic rings. The molecule has 1 aromatic heterocycles. The van der Waals surface area contributed by atoms with Crippen molar-refractivity contribution in [2.45, 2.75) is 33.2 Å². The Labute approximate surface area is 169 Å². The fourth-order valence-corrected chi connectivity index (χ4v) is 3.04. The maximum Gasteiger partial charge on any atom is 0.254 e. The number of nitrogens with zero attached hydrogens (tertiary/aromatic N) is 2. The van der Waals surface area contributed by atoms with Crippen LogP contribution in [0.5, 0.6) is 0 Å². The van der Waals surface area contributed by atoms with E-state index < -0.39 is 0 Å². The summed E-state index contributed by atoms with van der Waals surface area (Å²) in [7, 11) is 0. The summed E-state index contributed by atoms with van der Waals surface area (Å²) in [5.41, 5.74) is 2.88. The number of aromatic nitrogens is 2.